The van der Waals surface area contributed by atoms with Crippen LogP contribution in [-0.4, -0.2) is 31.5 Å². The van der Waals surface area contributed by atoms with Gasteiger partial charge in [0.2, 0.25) is 5.91 Å². The Hall–Kier alpha value is -1.26. The molecule has 0 radical (unpaired) electrons. The number of carbonyl (C=O) groups excluding carboxylic acids is 1. The lowest BCUT2D eigenvalue weighted by molar-refractivity contribution is -0.123. The molecule has 5 nitrogen and oxygen atoms in total. The van der Waals surface area contributed by atoms with E-state index in [4.69, 9.17) is 5.73 Å². The topological polar surface area (TPSA) is 79.5 Å². The Morgan fingerprint density at radius 3 is 2.39 bits per heavy atom. The van der Waals surface area contributed by atoms with E-state index in [1.165, 1.54) is 0 Å². The van der Waals surface area contributed by atoms with Crippen LogP contribution >= 0.6 is 0 Å². The monoisotopic (exact) mass is 256 g/mol. The Balaban J connectivity index is 3.54. The third-order valence-electron chi connectivity index (χ3n) is 2.47. The lowest BCUT2D eigenvalue weighted by Gasteiger charge is -2.08. The maximum absolute atomic E-state index is 11.3. The second-order valence-electron chi connectivity index (χ2n) is 5.18. The minimum Gasteiger partial charge on any atom is -0.370 e. The van der Waals surface area contributed by atoms with Crippen molar-refractivity contribution in [3.8, 4) is 0 Å². The normalized spacial score (nSPS) is 12.0. The van der Waals surface area contributed by atoms with E-state index < -0.39 is 0 Å². The molecule has 0 atom stereocenters. The minimum atomic E-state index is 0.0382. The molecule has 0 aliphatic heterocycles. The van der Waals surface area contributed by atoms with Gasteiger partial charge < -0.3 is 16.4 Å². The van der Waals surface area contributed by atoms with Crippen LogP contribution in [0, 0.1) is 11.8 Å². The summed E-state index contributed by atoms with van der Waals surface area (Å²) in [5, 5.41) is 5.92. The molecule has 0 aromatic rings. The van der Waals surface area contributed by atoms with Crippen LogP contribution in [0.4, 0.5) is 0 Å². The average Bonchev–Trinajstić information content (AvgIpc) is 2.27. The predicted molar refractivity (Wildman–Crippen MR) is 76.4 cm³/mol. The second-order valence-corrected chi connectivity index (χ2v) is 5.18. The minimum absolute atomic E-state index is 0.0382. The quantitative estimate of drug-likeness (QED) is 0.346. The van der Waals surface area contributed by atoms with Crippen molar-refractivity contribution in [2.24, 2.45) is 22.6 Å². The van der Waals surface area contributed by atoms with Crippen LogP contribution in [0.25, 0.3) is 0 Å². The number of nitrogens with two attached hydrogens (primary N) is 1. The van der Waals surface area contributed by atoms with Crippen LogP contribution in [0.1, 0.15) is 40.5 Å². The lowest BCUT2D eigenvalue weighted by Crippen LogP contribution is -2.33. The molecule has 0 rings (SSSR count). The van der Waals surface area contributed by atoms with Crippen molar-refractivity contribution in [3.05, 3.63) is 0 Å². The maximum atomic E-state index is 11.3. The number of aliphatic imine (C=N–C) groups is 1. The second kappa shape index (κ2) is 9.74. The number of hydrogen-bond donors (Lipinski definition) is 3. The summed E-state index contributed by atoms with van der Waals surface area (Å²) in [6, 6.07) is 0. The Morgan fingerprint density at radius 2 is 1.83 bits per heavy atom. The van der Waals surface area contributed by atoms with E-state index in [0.717, 1.165) is 19.4 Å². The number of amides is 1. The Morgan fingerprint density at radius 1 is 1.17 bits per heavy atom. The largest absolute Gasteiger partial charge is 0.370 e. The van der Waals surface area contributed by atoms with Crippen LogP contribution in [0.2, 0.25) is 0 Å². The Labute approximate surface area is 111 Å². The number of carbonyl (C=O) groups is 1. The van der Waals surface area contributed by atoms with Crippen molar-refractivity contribution in [2.45, 2.75) is 40.5 Å². The van der Waals surface area contributed by atoms with Gasteiger partial charge in [0.15, 0.2) is 5.96 Å². The summed E-state index contributed by atoms with van der Waals surface area (Å²) in [5.74, 6) is 1.28. The van der Waals surface area contributed by atoms with E-state index in [2.05, 4.69) is 29.5 Å². The molecule has 0 unspecified atom stereocenters. The summed E-state index contributed by atoms with van der Waals surface area (Å²) in [4.78, 5) is 15.5. The van der Waals surface area contributed by atoms with Gasteiger partial charge in [0, 0.05) is 25.6 Å². The molecule has 106 valence electrons. The number of guanidine groups is 1. The van der Waals surface area contributed by atoms with Crippen LogP contribution in [0.15, 0.2) is 4.99 Å². The molecule has 18 heavy (non-hydrogen) atoms. The number of nitrogens with zero attached hydrogens (tertiary/aromatic N) is 1. The molecule has 0 aromatic heterocycles. The third kappa shape index (κ3) is 9.93. The van der Waals surface area contributed by atoms with Gasteiger partial charge >= 0.3 is 0 Å². The van der Waals surface area contributed by atoms with Gasteiger partial charge in [-0.3, -0.25) is 9.79 Å². The molecule has 1 amide bonds. The van der Waals surface area contributed by atoms with Gasteiger partial charge in [0.05, 0.1) is 0 Å². The standard InChI is InChI=1S/C13H28N4O/c1-10(2)6-9-17-13(14)16-8-5-7-15-12(18)11(3)4/h10-11H,5-9H2,1-4H3,(H,15,18)(H3,14,16,17). The molecule has 0 bridgehead atoms. The summed E-state index contributed by atoms with van der Waals surface area (Å²) in [7, 11) is 0. The smallest absolute Gasteiger partial charge is 0.222 e. The first-order chi connectivity index (χ1) is 8.43. The fraction of sp³-hybridized carbons (Fsp3) is 0.846. The summed E-state index contributed by atoms with van der Waals surface area (Å²) in [6.07, 6.45) is 1.89. The van der Waals surface area contributed by atoms with Gasteiger partial charge in [0.25, 0.3) is 0 Å². The van der Waals surface area contributed by atoms with Crippen molar-refractivity contribution in [3.63, 3.8) is 0 Å². The molecule has 4 N–H and O–H groups in total. The summed E-state index contributed by atoms with van der Waals surface area (Å²) < 4.78 is 0. The molecule has 0 aromatic carbocycles. The van der Waals surface area contributed by atoms with E-state index in [1.807, 2.05) is 13.8 Å². The molecule has 0 heterocycles. The summed E-state index contributed by atoms with van der Waals surface area (Å²) in [6.45, 7) is 10.3. The summed E-state index contributed by atoms with van der Waals surface area (Å²) >= 11 is 0. The molecule has 0 fully saturated rings. The third-order valence-corrected chi connectivity index (χ3v) is 2.47. The molecular formula is C13H28N4O. The lowest BCUT2D eigenvalue weighted by atomic mass is 10.1. The van der Waals surface area contributed by atoms with Crippen LogP contribution < -0.4 is 16.4 Å². The van der Waals surface area contributed by atoms with E-state index in [9.17, 15) is 4.79 Å². The fourth-order valence-electron chi connectivity index (χ4n) is 1.24. The molecule has 5 heteroatoms. The number of rotatable bonds is 8. The van der Waals surface area contributed by atoms with Crippen molar-refractivity contribution >= 4 is 11.9 Å². The van der Waals surface area contributed by atoms with Crippen molar-refractivity contribution in [2.75, 3.05) is 19.6 Å². The highest BCUT2D eigenvalue weighted by molar-refractivity contribution is 5.78. The number of hydrogen-bond acceptors (Lipinski definition) is 2. The average molecular weight is 256 g/mol. The zero-order valence-corrected chi connectivity index (χ0v) is 12.1. The molecular weight excluding hydrogens is 228 g/mol. The Kier molecular flexibility index (Phi) is 9.06. The highest BCUT2D eigenvalue weighted by Crippen LogP contribution is 1.95. The predicted octanol–water partition coefficient (Wildman–Crippen LogP) is 1.10. The summed E-state index contributed by atoms with van der Waals surface area (Å²) in [5.41, 5.74) is 5.70. The Bertz CT molecular complexity index is 262. The van der Waals surface area contributed by atoms with Crippen molar-refractivity contribution < 1.29 is 4.79 Å². The van der Waals surface area contributed by atoms with Crippen LogP contribution in [0.5, 0.6) is 0 Å². The van der Waals surface area contributed by atoms with Crippen LogP contribution in [0.3, 0.4) is 0 Å². The first-order valence-electron chi connectivity index (χ1n) is 6.75. The van der Waals surface area contributed by atoms with Crippen molar-refractivity contribution in [1.82, 2.24) is 10.6 Å². The van der Waals surface area contributed by atoms with Crippen molar-refractivity contribution in [1.29, 1.82) is 0 Å². The van der Waals surface area contributed by atoms with E-state index >= 15 is 0 Å². The molecule has 0 saturated carbocycles. The maximum Gasteiger partial charge on any atom is 0.222 e. The van der Waals surface area contributed by atoms with E-state index in [-0.39, 0.29) is 11.8 Å². The van der Waals surface area contributed by atoms with E-state index in [0.29, 0.717) is 25.0 Å². The molecule has 0 aliphatic rings. The number of nitrogens with one attached hydrogen (secondary N) is 2. The molecule has 0 aliphatic carbocycles. The van der Waals surface area contributed by atoms with Crippen LogP contribution in [-0.2, 0) is 4.79 Å². The first kappa shape index (κ1) is 16.7. The van der Waals surface area contributed by atoms with Gasteiger partial charge in [0.1, 0.15) is 0 Å². The first-order valence-corrected chi connectivity index (χ1v) is 6.75. The van der Waals surface area contributed by atoms with Gasteiger partial charge in [-0.05, 0) is 18.8 Å². The van der Waals surface area contributed by atoms with Gasteiger partial charge in [-0.15, -0.1) is 0 Å². The van der Waals surface area contributed by atoms with E-state index in [1.54, 1.807) is 0 Å². The van der Waals surface area contributed by atoms with Gasteiger partial charge in [-0.1, -0.05) is 27.7 Å². The zero-order chi connectivity index (χ0) is 14.0. The highest BCUT2D eigenvalue weighted by atomic mass is 16.1. The van der Waals surface area contributed by atoms with Gasteiger partial charge in [-0.2, -0.15) is 0 Å². The molecule has 0 saturated heterocycles. The SMILES string of the molecule is CC(C)CCNC(N)=NCCCNC(=O)C(C)C. The zero-order valence-electron chi connectivity index (χ0n) is 12.1. The molecule has 0 spiro atoms. The van der Waals surface area contributed by atoms with Gasteiger partial charge in [-0.25, -0.2) is 0 Å². The highest BCUT2D eigenvalue weighted by Gasteiger charge is 2.04. The fourth-order valence-corrected chi connectivity index (χ4v) is 1.24.